The third-order valence-corrected chi connectivity index (χ3v) is 4.52. The van der Waals surface area contributed by atoms with E-state index in [1.807, 2.05) is 0 Å². The Morgan fingerprint density at radius 1 is 1.47 bits per heavy atom. The van der Waals surface area contributed by atoms with Crippen LogP contribution in [0.4, 0.5) is 0 Å². The fraction of sp³-hybridized carbons (Fsp3) is 0.818. The predicted octanol–water partition coefficient (Wildman–Crippen LogP) is 0.198. The van der Waals surface area contributed by atoms with Crippen LogP contribution >= 0.6 is 0 Å². The zero-order valence-electron chi connectivity index (χ0n) is 11.1. The third kappa shape index (κ3) is 3.44. The Bertz CT molecular complexity index is 597. The average Bonchev–Trinajstić information content (AvgIpc) is 2.54. The number of methoxy groups -OCH3 is 1. The molecule has 0 unspecified atom stereocenters. The summed E-state index contributed by atoms with van der Waals surface area (Å²) in [5.74, 6) is -0.271. The number of rotatable bonds is 6. The van der Waals surface area contributed by atoms with Crippen LogP contribution in [0.3, 0.4) is 0 Å². The van der Waals surface area contributed by atoms with Gasteiger partial charge in [0.15, 0.2) is 0 Å². The monoisotopic (exact) mass is 290 g/mol. The van der Waals surface area contributed by atoms with Gasteiger partial charge < -0.3 is 9.15 Å². The molecule has 0 radical (unpaired) electrons. The molecule has 0 amide bonds. The Morgan fingerprint density at radius 2 is 2.16 bits per heavy atom. The highest BCUT2D eigenvalue weighted by molar-refractivity contribution is 7.90. The van der Waals surface area contributed by atoms with Crippen LogP contribution in [-0.2, 0) is 27.7 Å². The van der Waals surface area contributed by atoms with E-state index in [-0.39, 0.29) is 30.2 Å². The van der Waals surface area contributed by atoms with Gasteiger partial charge in [0, 0.05) is 18.8 Å². The first-order chi connectivity index (χ1) is 8.84. The highest BCUT2D eigenvalue weighted by atomic mass is 32.2. The number of hydrogen-bond donors (Lipinski definition) is 0. The fourth-order valence-corrected chi connectivity index (χ4v) is 4.02. The minimum Gasteiger partial charge on any atom is -0.390 e. The third-order valence-electron chi connectivity index (χ3n) is 3.38. The van der Waals surface area contributed by atoms with Crippen molar-refractivity contribution in [1.82, 2.24) is 9.78 Å². The molecule has 108 valence electrons. The Balaban J connectivity index is 2.17. The molecule has 0 aromatic carbocycles. The molecule has 1 aliphatic rings. The molecule has 1 aliphatic carbocycles. The molecular weight excluding hydrogens is 272 g/mol. The molecule has 1 aromatic heterocycles. The Kier molecular flexibility index (Phi) is 3.82. The highest BCUT2D eigenvalue weighted by Gasteiger charge is 2.41. The molecular formula is C11H18N2O5S. The van der Waals surface area contributed by atoms with Crippen LogP contribution in [0.15, 0.2) is 9.21 Å². The van der Waals surface area contributed by atoms with Crippen LogP contribution in [0.25, 0.3) is 0 Å². The maximum absolute atomic E-state index is 11.6. The Labute approximate surface area is 111 Å². The number of aromatic nitrogens is 2. The van der Waals surface area contributed by atoms with Gasteiger partial charge in [-0.1, -0.05) is 6.42 Å². The molecule has 1 saturated carbocycles. The largest absolute Gasteiger partial charge is 0.437 e. The van der Waals surface area contributed by atoms with Gasteiger partial charge in [-0.3, -0.25) is 0 Å². The topological polar surface area (TPSA) is 91.4 Å². The lowest BCUT2D eigenvalue weighted by Crippen LogP contribution is -2.42. The predicted molar refractivity (Wildman–Crippen MR) is 67.5 cm³/mol. The molecule has 8 heteroatoms. The standard InChI is InChI=1S/C11H18N2O5S/c1-17-6-9-12-13(10(14)18-9)7-11(4-3-5-11)8-19(2,15)16/h3-8H2,1-2H3. The van der Waals surface area contributed by atoms with Crippen molar-refractivity contribution in [2.24, 2.45) is 5.41 Å². The van der Waals surface area contributed by atoms with Crippen LogP contribution in [0.2, 0.25) is 0 Å². The van der Waals surface area contributed by atoms with Crippen LogP contribution in [0, 0.1) is 5.41 Å². The molecule has 1 fully saturated rings. The quantitative estimate of drug-likeness (QED) is 0.743. The molecule has 0 bridgehead atoms. The Hall–Kier alpha value is -1.15. The number of ether oxygens (including phenoxy) is 1. The summed E-state index contributed by atoms with van der Waals surface area (Å²) >= 11 is 0. The maximum Gasteiger partial charge on any atom is 0.437 e. The van der Waals surface area contributed by atoms with E-state index in [1.165, 1.54) is 18.0 Å². The van der Waals surface area contributed by atoms with Gasteiger partial charge in [0.25, 0.3) is 0 Å². The van der Waals surface area contributed by atoms with Crippen molar-refractivity contribution in [3.05, 3.63) is 16.4 Å². The van der Waals surface area contributed by atoms with E-state index in [4.69, 9.17) is 9.15 Å². The van der Waals surface area contributed by atoms with Crippen molar-refractivity contribution >= 4 is 9.84 Å². The van der Waals surface area contributed by atoms with Gasteiger partial charge in [0.05, 0.1) is 12.3 Å². The lowest BCUT2D eigenvalue weighted by atomic mass is 9.70. The number of nitrogens with zero attached hydrogens (tertiary/aromatic N) is 2. The van der Waals surface area contributed by atoms with Crippen LogP contribution in [0.1, 0.15) is 25.2 Å². The highest BCUT2D eigenvalue weighted by Crippen LogP contribution is 2.43. The van der Waals surface area contributed by atoms with E-state index in [0.29, 0.717) is 0 Å². The zero-order chi connectivity index (χ0) is 14.1. The lowest BCUT2D eigenvalue weighted by Gasteiger charge is -2.40. The van der Waals surface area contributed by atoms with E-state index < -0.39 is 15.6 Å². The molecule has 19 heavy (non-hydrogen) atoms. The fourth-order valence-electron chi connectivity index (χ4n) is 2.53. The number of sulfone groups is 1. The van der Waals surface area contributed by atoms with Crippen LogP contribution in [-0.4, -0.2) is 37.3 Å². The summed E-state index contributed by atoms with van der Waals surface area (Å²) in [6, 6.07) is 0. The second-order valence-corrected chi connectivity index (χ2v) is 7.42. The van der Waals surface area contributed by atoms with E-state index in [0.717, 1.165) is 19.3 Å². The van der Waals surface area contributed by atoms with E-state index in [1.54, 1.807) is 0 Å². The van der Waals surface area contributed by atoms with Gasteiger partial charge in [0.2, 0.25) is 5.89 Å². The van der Waals surface area contributed by atoms with Gasteiger partial charge in [-0.15, -0.1) is 5.10 Å². The summed E-state index contributed by atoms with van der Waals surface area (Å²) in [5, 5.41) is 4.01. The summed E-state index contributed by atoms with van der Waals surface area (Å²) in [4.78, 5) is 11.6. The summed E-state index contributed by atoms with van der Waals surface area (Å²) in [7, 11) is -1.60. The SMILES string of the molecule is COCc1nn(CC2(CS(C)(=O)=O)CCC2)c(=O)o1. The second-order valence-electron chi connectivity index (χ2n) is 5.28. The van der Waals surface area contributed by atoms with Crippen molar-refractivity contribution in [3.63, 3.8) is 0 Å². The Morgan fingerprint density at radius 3 is 2.63 bits per heavy atom. The zero-order valence-corrected chi connectivity index (χ0v) is 11.9. The van der Waals surface area contributed by atoms with E-state index >= 15 is 0 Å². The summed E-state index contributed by atoms with van der Waals surface area (Å²) in [6.45, 7) is 0.410. The first-order valence-electron chi connectivity index (χ1n) is 6.07. The maximum atomic E-state index is 11.6. The van der Waals surface area contributed by atoms with Crippen molar-refractivity contribution < 1.29 is 17.6 Å². The first-order valence-corrected chi connectivity index (χ1v) is 8.13. The van der Waals surface area contributed by atoms with Crippen LogP contribution in [0.5, 0.6) is 0 Å². The van der Waals surface area contributed by atoms with Gasteiger partial charge in [0.1, 0.15) is 16.4 Å². The second kappa shape index (κ2) is 5.09. The van der Waals surface area contributed by atoms with Gasteiger partial charge in [-0.2, -0.15) is 4.68 Å². The molecule has 2 rings (SSSR count). The smallest absolute Gasteiger partial charge is 0.390 e. The molecule has 0 aliphatic heterocycles. The minimum atomic E-state index is -3.08. The molecule has 1 aromatic rings. The molecule has 1 heterocycles. The van der Waals surface area contributed by atoms with E-state index in [2.05, 4.69) is 5.10 Å². The minimum absolute atomic E-state index is 0.0823. The van der Waals surface area contributed by atoms with Crippen molar-refractivity contribution in [2.75, 3.05) is 19.1 Å². The van der Waals surface area contributed by atoms with E-state index in [9.17, 15) is 13.2 Å². The van der Waals surface area contributed by atoms with Crippen molar-refractivity contribution in [2.45, 2.75) is 32.4 Å². The first kappa shape index (κ1) is 14.3. The van der Waals surface area contributed by atoms with Crippen molar-refractivity contribution in [1.29, 1.82) is 0 Å². The molecule has 7 nitrogen and oxygen atoms in total. The van der Waals surface area contributed by atoms with Gasteiger partial charge in [-0.05, 0) is 12.8 Å². The molecule has 0 spiro atoms. The summed E-state index contributed by atoms with van der Waals surface area (Å²) in [6.07, 6.45) is 3.78. The summed E-state index contributed by atoms with van der Waals surface area (Å²) < 4.78 is 33.9. The van der Waals surface area contributed by atoms with Gasteiger partial charge in [-0.25, -0.2) is 13.2 Å². The van der Waals surface area contributed by atoms with Crippen molar-refractivity contribution in [3.8, 4) is 0 Å². The summed E-state index contributed by atoms with van der Waals surface area (Å²) in [5.41, 5.74) is -0.376. The molecule has 0 atom stereocenters. The lowest BCUT2D eigenvalue weighted by molar-refractivity contribution is 0.126. The van der Waals surface area contributed by atoms with Gasteiger partial charge >= 0.3 is 5.76 Å². The molecule has 0 saturated heterocycles. The number of hydrogen-bond acceptors (Lipinski definition) is 6. The molecule has 0 N–H and O–H groups in total. The average molecular weight is 290 g/mol. The van der Waals surface area contributed by atoms with Crippen LogP contribution < -0.4 is 5.76 Å². The normalized spacial score (nSPS) is 18.2.